The van der Waals surface area contributed by atoms with E-state index in [1.54, 1.807) is 5.32 Å². The van der Waals surface area contributed by atoms with Gasteiger partial charge in [0.05, 0.1) is 5.56 Å². The molecule has 1 aromatic rings. The predicted octanol–water partition coefficient (Wildman–Crippen LogP) is 1.07. The van der Waals surface area contributed by atoms with Crippen molar-refractivity contribution in [1.29, 1.82) is 0 Å². The lowest BCUT2D eigenvalue weighted by molar-refractivity contribution is -0.140. The number of carboxylic acids is 1. The second-order valence-electron chi connectivity index (χ2n) is 4.35. The van der Waals surface area contributed by atoms with Crippen LogP contribution >= 0.6 is 0 Å². The van der Waals surface area contributed by atoms with Crippen LogP contribution in [-0.4, -0.2) is 35.6 Å². The highest BCUT2D eigenvalue weighted by molar-refractivity contribution is 5.96. The van der Waals surface area contributed by atoms with Gasteiger partial charge in [-0.05, 0) is 17.7 Å². The number of carbonyl (C=O) groups is 3. The number of hydrogen-bond acceptors (Lipinski definition) is 3. The third-order valence-corrected chi connectivity index (χ3v) is 2.50. The number of amides is 2. The van der Waals surface area contributed by atoms with Gasteiger partial charge in [0, 0.05) is 6.54 Å². The molecular weight excluding hydrogens is 305 g/mol. The maximum absolute atomic E-state index is 11.9. The van der Waals surface area contributed by atoms with Crippen LogP contribution in [0.25, 0.3) is 0 Å². The lowest BCUT2D eigenvalue weighted by Crippen LogP contribution is -2.37. The largest absolute Gasteiger partial charge is 0.478 e. The summed E-state index contributed by atoms with van der Waals surface area (Å²) in [5, 5.41) is 12.6. The number of benzene rings is 1. The first-order valence-electron chi connectivity index (χ1n) is 6.10. The van der Waals surface area contributed by atoms with Crippen LogP contribution in [0.3, 0.4) is 0 Å². The standard InChI is InChI=1S/C13H13F3N2O4/c14-13(15,16)7-18-11(20)5-10(19)17-6-8-1-3-9(4-2-8)12(21)22/h1-4H,5-7H2,(H,17,19)(H,18,20)(H,21,22). The minimum atomic E-state index is -4.53. The van der Waals surface area contributed by atoms with Crippen LogP contribution in [0.5, 0.6) is 0 Å². The predicted molar refractivity (Wildman–Crippen MR) is 68.9 cm³/mol. The van der Waals surface area contributed by atoms with Gasteiger partial charge in [0.25, 0.3) is 0 Å². The molecule has 0 saturated carbocycles. The number of carboxylic acid groups (broad SMARTS) is 1. The van der Waals surface area contributed by atoms with Gasteiger partial charge in [-0.3, -0.25) is 9.59 Å². The number of nitrogens with one attached hydrogen (secondary N) is 2. The fourth-order valence-electron chi connectivity index (χ4n) is 1.44. The Kier molecular flexibility index (Phi) is 5.90. The molecule has 1 aromatic carbocycles. The average Bonchev–Trinajstić information content (AvgIpc) is 2.42. The van der Waals surface area contributed by atoms with E-state index in [4.69, 9.17) is 5.11 Å². The van der Waals surface area contributed by atoms with E-state index >= 15 is 0 Å². The number of rotatable bonds is 6. The van der Waals surface area contributed by atoms with E-state index in [1.165, 1.54) is 24.3 Å². The van der Waals surface area contributed by atoms with E-state index in [0.717, 1.165) is 0 Å². The molecule has 0 bridgehead atoms. The molecule has 0 radical (unpaired) electrons. The summed E-state index contributed by atoms with van der Waals surface area (Å²) in [6, 6.07) is 5.65. The van der Waals surface area contributed by atoms with Crippen molar-refractivity contribution in [3.63, 3.8) is 0 Å². The Morgan fingerprint density at radius 2 is 1.55 bits per heavy atom. The van der Waals surface area contributed by atoms with Crippen LogP contribution in [0.1, 0.15) is 22.3 Å². The van der Waals surface area contributed by atoms with Crippen LogP contribution in [0.4, 0.5) is 13.2 Å². The summed E-state index contributed by atoms with van der Waals surface area (Å²) in [6.07, 6.45) is -5.25. The average molecular weight is 318 g/mol. The Bertz CT molecular complexity index is 555. The van der Waals surface area contributed by atoms with Crippen molar-refractivity contribution >= 4 is 17.8 Å². The minimum Gasteiger partial charge on any atom is -0.478 e. The monoisotopic (exact) mass is 318 g/mol. The highest BCUT2D eigenvalue weighted by atomic mass is 19.4. The van der Waals surface area contributed by atoms with Crippen LogP contribution in [0, 0.1) is 0 Å². The minimum absolute atomic E-state index is 0.0330. The van der Waals surface area contributed by atoms with E-state index < -0.39 is 36.9 Å². The third kappa shape index (κ3) is 6.73. The van der Waals surface area contributed by atoms with Crippen LogP contribution in [0.15, 0.2) is 24.3 Å². The zero-order valence-electron chi connectivity index (χ0n) is 11.2. The topological polar surface area (TPSA) is 95.5 Å². The fourth-order valence-corrected chi connectivity index (χ4v) is 1.44. The van der Waals surface area contributed by atoms with Gasteiger partial charge in [-0.25, -0.2) is 4.79 Å². The maximum Gasteiger partial charge on any atom is 0.405 e. The highest BCUT2D eigenvalue weighted by Gasteiger charge is 2.27. The summed E-state index contributed by atoms with van der Waals surface area (Å²) in [7, 11) is 0. The Balaban J connectivity index is 2.36. The molecule has 9 heteroatoms. The smallest absolute Gasteiger partial charge is 0.405 e. The molecular formula is C13H13F3N2O4. The van der Waals surface area contributed by atoms with E-state index in [2.05, 4.69) is 5.32 Å². The molecule has 0 aliphatic carbocycles. The zero-order valence-corrected chi connectivity index (χ0v) is 11.2. The summed E-state index contributed by atoms with van der Waals surface area (Å²) in [5.74, 6) is -2.85. The molecule has 0 fully saturated rings. The molecule has 0 saturated heterocycles. The molecule has 2 amide bonds. The molecule has 0 heterocycles. The van der Waals surface area contributed by atoms with Gasteiger partial charge in [-0.2, -0.15) is 13.2 Å². The molecule has 0 atom stereocenters. The third-order valence-electron chi connectivity index (χ3n) is 2.50. The summed E-state index contributed by atoms with van der Waals surface area (Å²) in [6.45, 7) is -1.46. The van der Waals surface area contributed by atoms with Crippen molar-refractivity contribution in [3.05, 3.63) is 35.4 Å². The van der Waals surface area contributed by atoms with Crippen molar-refractivity contribution in [2.24, 2.45) is 0 Å². The van der Waals surface area contributed by atoms with Gasteiger partial charge in [-0.1, -0.05) is 12.1 Å². The van der Waals surface area contributed by atoms with Crippen LogP contribution < -0.4 is 10.6 Å². The van der Waals surface area contributed by atoms with E-state index in [9.17, 15) is 27.6 Å². The lowest BCUT2D eigenvalue weighted by Gasteiger charge is -2.09. The van der Waals surface area contributed by atoms with Crippen molar-refractivity contribution in [3.8, 4) is 0 Å². The number of carbonyl (C=O) groups excluding carboxylic acids is 2. The van der Waals surface area contributed by atoms with Crippen molar-refractivity contribution < 1.29 is 32.7 Å². The van der Waals surface area contributed by atoms with Gasteiger partial charge in [0.2, 0.25) is 11.8 Å². The first kappa shape index (κ1) is 17.5. The summed E-state index contributed by atoms with van der Waals surface area (Å²) < 4.78 is 35.6. The summed E-state index contributed by atoms with van der Waals surface area (Å²) in [4.78, 5) is 33.1. The van der Waals surface area contributed by atoms with E-state index in [-0.39, 0.29) is 12.1 Å². The van der Waals surface area contributed by atoms with Crippen molar-refractivity contribution in [1.82, 2.24) is 10.6 Å². The zero-order chi connectivity index (χ0) is 16.8. The number of alkyl halides is 3. The Hall–Kier alpha value is -2.58. The molecule has 22 heavy (non-hydrogen) atoms. The van der Waals surface area contributed by atoms with Gasteiger partial charge in [-0.15, -0.1) is 0 Å². The Labute approximate surface area is 123 Å². The molecule has 0 aromatic heterocycles. The number of hydrogen-bond donors (Lipinski definition) is 3. The van der Waals surface area contributed by atoms with Gasteiger partial charge >= 0.3 is 12.1 Å². The highest BCUT2D eigenvalue weighted by Crippen LogP contribution is 2.12. The number of aromatic carboxylic acids is 1. The van der Waals surface area contributed by atoms with E-state index in [1.807, 2.05) is 0 Å². The molecule has 6 nitrogen and oxygen atoms in total. The molecule has 0 aliphatic rings. The quantitative estimate of drug-likeness (QED) is 0.684. The van der Waals surface area contributed by atoms with E-state index in [0.29, 0.717) is 5.56 Å². The van der Waals surface area contributed by atoms with Gasteiger partial charge < -0.3 is 15.7 Å². The van der Waals surface area contributed by atoms with Crippen LogP contribution in [0.2, 0.25) is 0 Å². The molecule has 120 valence electrons. The second-order valence-corrected chi connectivity index (χ2v) is 4.35. The van der Waals surface area contributed by atoms with Crippen molar-refractivity contribution in [2.45, 2.75) is 19.1 Å². The molecule has 1 rings (SSSR count). The Morgan fingerprint density at radius 1 is 1.00 bits per heavy atom. The van der Waals surface area contributed by atoms with Gasteiger partial charge in [0.15, 0.2) is 0 Å². The van der Waals surface area contributed by atoms with Crippen molar-refractivity contribution in [2.75, 3.05) is 6.54 Å². The molecule has 0 unspecified atom stereocenters. The summed E-state index contributed by atoms with van der Waals surface area (Å²) >= 11 is 0. The van der Waals surface area contributed by atoms with Gasteiger partial charge in [0.1, 0.15) is 13.0 Å². The Morgan fingerprint density at radius 3 is 2.05 bits per heavy atom. The number of halogens is 3. The fraction of sp³-hybridized carbons (Fsp3) is 0.308. The molecule has 3 N–H and O–H groups in total. The first-order chi connectivity index (χ1) is 10.2. The first-order valence-corrected chi connectivity index (χ1v) is 6.10. The van der Waals surface area contributed by atoms with Crippen LogP contribution in [-0.2, 0) is 16.1 Å². The summed E-state index contributed by atoms with van der Waals surface area (Å²) in [5.41, 5.74) is 0.677. The SMILES string of the molecule is O=C(CC(=O)NCC(F)(F)F)NCc1ccc(C(=O)O)cc1. The normalized spacial score (nSPS) is 10.9. The lowest BCUT2D eigenvalue weighted by atomic mass is 10.1. The maximum atomic E-state index is 11.9. The molecule has 0 aliphatic heterocycles. The second kappa shape index (κ2) is 7.43. The molecule has 0 spiro atoms.